The lowest BCUT2D eigenvalue weighted by Crippen LogP contribution is -2.52. The molecule has 0 saturated carbocycles. The highest BCUT2D eigenvalue weighted by Gasteiger charge is 2.39. The first-order valence-corrected chi connectivity index (χ1v) is 11.9. The molecule has 8 heteroatoms. The van der Waals surface area contributed by atoms with Gasteiger partial charge in [-0.1, -0.05) is 6.92 Å². The van der Waals surface area contributed by atoms with Crippen LogP contribution in [0.25, 0.3) is 0 Å². The number of rotatable bonds is 4. The van der Waals surface area contributed by atoms with Gasteiger partial charge >= 0.3 is 0 Å². The minimum absolute atomic E-state index is 0.110. The van der Waals surface area contributed by atoms with Crippen LogP contribution in [0, 0.1) is 5.41 Å². The second-order valence-corrected chi connectivity index (χ2v) is 10.1. The Morgan fingerprint density at radius 1 is 1.06 bits per heavy atom. The summed E-state index contributed by atoms with van der Waals surface area (Å²) in [5.74, 6) is -0.728. The first kappa shape index (κ1) is 21.4. The van der Waals surface area contributed by atoms with Gasteiger partial charge in [-0.3, -0.25) is 24.6 Å². The van der Waals surface area contributed by atoms with Crippen molar-refractivity contribution in [1.29, 1.82) is 0 Å². The molecule has 0 unspecified atom stereocenters. The maximum atomic E-state index is 12.9. The average molecular weight is 440 g/mol. The molecular formula is C24H33N5O3. The Kier molecular flexibility index (Phi) is 5.67. The fraction of sp³-hybridized carbons (Fsp3) is 0.625. The number of benzene rings is 1. The third-order valence-corrected chi connectivity index (χ3v) is 7.66. The molecule has 1 atom stereocenters. The van der Waals surface area contributed by atoms with Gasteiger partial charge in [0.25, 0.3) is 5.91 Å². The van der Waals surface area contributed by atoms with Crippen molar-refractivity contribution in [3.63, 3.8) is 0 Å². The van der Waals surface area contributed by atoms with Crippen molar-refractivity contribution in [3.8, 4) is 0 Å². The van der Waals surface area contributed by atoms with Gasteiger partial charge in [0.1, 0.15) is 6.04 Å². The Bertz CT molecular complexity index is 918. The molecule has 1 aromatic rings. The summed E-state index contributed by atoms with van der Waals surface area (Å²) in [6, 6.07) is 5.49. The van der Waals surface area contributed by atoms with Gasteiger partial charge in [0, 0.05) is 56.9 Å². The molecule has 3 saturated heterocycles. The minimum atomic E-state index is -0.559. The van der Waals surface area contributed by atoms with Crippen LogP contribution in [-0.4, -0.2) is 79.4 Å². The SMILES string of the molecule is CC1(CN2CCN(c3ccc4c(c3)CN([C@@H]3CCC(=O)NC3=O)C4=O)CC2)CCNCC1. The topological polar surface area (TPSA) is 85.0 Å². The summed E-state index contributed by atoms with van der Waals surface area (Å²) in [7, 11) is 0. The quantitative estimate of drug-likeness (QED) is 0.680. The van der Waals surface area contributed by atoms with E-state index in [4.69, 9.17) is 0 Å². The van der Waals surface area contributed by atoms with E-state index in [1.165, 1.54) is 19.4 Å². The summed E-state index contributed by atoms with van der Waals surface area (Å²) < 4.78 is 0. The highest BCUT2D eigenvalue weighted by Crippen LogP contribution is 2.32. The molecule has 172 valence electrons. The predicted molar refractivity (Wildman–Crippen MR) is 121 cm³/mol. The molecule has 8 nitrogen and oxygen atoms in total. The van der Waals surface area contributed by atoms with E-state index in [1.54, 1.807) is 4.90 Å². The molecule has 1 aromatic carbocycles. The number of anilines is 1. The molecule has 4 aliphatic heterocycles. The number of imide groups is 1. The zero-order valence-corrected chi connectivity index (χ0v) is 18.9. The zero-order valence-electron chi connectivity index (χ0n) is 18.9. The first-order chi connectivity index (χ1) is 15.4. The zero-order chi connectivity index (χ0) is 22.3. The molecule has 0 aliphatic carbocycles. The number of hydrogen-bond acceptors (Lipinski definition) is 6. The first-order valence-electron chi connectivity index (χ1n) is 11.9. The van der Waals surface area contributed by atoms with E-state index in [9.17, 15) is 14.4 Å². The van der Waals surface area contributed by atoms with Gasteiger partial charge in [-0.05, 0) is 61.5 Å². The summed E-state index contributed by atoms with van der Waals surface area (Å²) in [5.41, 5.74) is 3.22. The van der Waals surface area contributed by atoms with Gasteiger partial charge in [0.15, 0.2) is 0 Å². The average Bonchev–Trinajstić information content (AvgIpc) is 3.10. The summed E-state index contributed by atoms with van der Waals surface area (Å²) in [6.45, 7) is 10.4. The van der Waals surface area contributed by atoms with E-state index >= 15 is 0 Å². The lowest BCUT2D eigenvalue weighted by Gasteiger charge is -2.42. The highest BCUT2D eigenvalue weighted by molar-refractivity contribution is 6.05. The number of nitrogens with one attached hydrogen (secondary N) is 2. The monoisotopic (exact) mass is 439 g/mol. The summed E-state index contributed by atoms with van der Waals surface area (Å²) >= 11 is 0. The molecule has 0 aromatic heterocycles. The Hall–Kier alpha value is -2.45. The van der Waals surface area contributed by atoms with Crippen LogP contribution >= 0.6 is 0 Å². The van der Waals surface area contributed by atoms with Crippen molar-refractivity contribution in [3.05, 3.63) is 29.3 Å². The maximum absolute atomic E-state index is 12.9. The second kappa shape index (κ2) is 8.48. The number of piperazine rings is 1. The van der Waals surface area contributed by atoms with Crippen LogP contribution in [0.15, 0.2) is 18.2 Å². The van der Waals surface area contributed by atoms with Crippen LogP contribution in [0.2, 0.25) is 0 Å². The molecule has 2 N–H and O–H groups in total. The second-order valence-electron chi connectivity index (χ2n) is 10.1. The molecule has 4 aliphatic rings. The number of fused-ring (bicyclic) bond motifs is 1. The standard InChI is InChI=1S/C24H33N5O3/c1-24(6-8-25-9-7-24)16-27-10-12-28(13-11-27)18-2-3-19-17(14-18)15-29(23(19)32)20-4-5-21(30)26-22(20)31/h2-3,14,20,25H,4-13,15-16H2,1H3,(H,26,30,31)/t20-/m1/s1. The van der Waals surface area contributed by atoms with Crippen LogP contribution in [0.4, 0.5) is 5.69 Å². The van der Waals surface area contributed by atoms with E-state index < -0.39 is 6.04 Å². The van der Waals surface area contributed by atoms with Crippen LogP contribution in [0.1, 0.15) is 48.5 Å². The number of piperidine rings is 2. The van der Waals surface area contributed by atoms with E-state index in [-0.39, 0.29) is 24.1 Å². The summed E-state index contributed by atoms with van der Waals surface area (Å²) in [5, 5.41) is 5.83. The van der Waals surface area contributed by atoms with Gasteiger partial charge in [-0.25, -0.2) is 0 Å². The van der Waals surface area contributed by atoms with Crippen LogP contribution in [0.5, 0.6) is 0 Å². The normalized spacial score (nSPS) is 26.3. The summed E-state index contributed by atoms with van der Waals surface area (Å²) in [4.78, 5) is 43.2. The van der Waals surface area contributed by atoms with Gasteiger partial charge in [0.2, 0.25) is 11.8 Å². The number of hydrogen-bond donors (Lipinski definition) is 2. The molecule has 0 spiro atoms. The smallest absolute Gasteiger partial charge is 0.255 e. The van der Waals surface area contributed by atoms with Gasteiger partial charge in [-0.2, -0.15) is 0 Å². The highest BCUT2D eigenvalue weighted by atomic mass is 16.2. The van der Waals surface area contributed by atoms with Crippen molar-refractivity contribution < 1.29 is 14.4 Å². The van der Waals surface area contributed by atoms with Gasteiger partial charge < -0.3 is 15.1 Å². The molecule has 5 rings (SSSR count). The van der Waals surface area contributed by atoms with E-state index in [0.29, 0.717) is 23.9 Å². The van der Waals surface area contributed by atoms with E-state index in [0.717, 1.165) is 50.5 Å². The van der Waals surface area contributed by atoms with Crippen molar-refractivity contribution in [2.45, 2.75) is 45.2 Å². The maximum Gasteiger partial charge on any atom is 0.255 e. The third-order valence-electron chi connectivity index (χ3n) is 7.66. The van der Waals surface area contributed by atoms with Crippen molar-refractivity contribution in [1.82, 2.24) is 20.4 Å². The fourth-order valence-corrected chi connectivity index (χ4v) is 5.65. The van der Waals surface area contributed by atoms with Crippen LogP contribution in [-0.2, 0) is 16.1 Å². The number of nitrogens with zero attached hydrogens (tertiary/aromatic N) is 3. The third kappa shape index (κ3) is 4.13. The summed E-state index contributed by atoms with van der Waals surface area (Å²) in [6.07, 6.45) is 3.17. The van der Waals surface area contributed by atoms with Crippen molar-refractivity contribution >= 4 is 23.4 Å². The van der Waals surface area contributed by atoms with Crippen molar-refractivity contribution in [2.75, 3.05) is 50.7 Å². The van der Waals surface area contributed by atoms with Gasteiger partial charge in [-0.15, -0.1) is 0 Å². The molecule has 3 fully saturated rings. The molecule has 3 amide bonds. The van der Waals surface area contributed by atoms with Crippen LogP contribution in [0.3, 0.4) is 0 Å². The molecule has 32 heavy (non-hydrogen) atoms. The number of carbonyl (C=O) groups excluding carboxylic acids is 3. The Morgan fingerprint density at radius 3 is 2.53 bits per heavy atom. The molecule has 4 heterocycles. The lowest BCUT2D eigenvalue weighted by molar-refractivity contribution is -0.136. The fourth-order valence-electron chi connectivity index (χ4n) is 5.65. The predicted octanol–water partition coefficient (Wildman–Crippen LogP) is 0.959. The Labute approximate surface area is 189 Å². The minimum Gasteiger partial charge on any atom is -0.369 e. The van der Waals surface area contributed by atoms with Crippen LogP contribution < -0.4 is 15.5 Å². The van der Waals surface area contributed by atoms with Gasteiger partial charge in [0.05, 0.1) is 0 Å². The number of amides is 3. The largest absolute Gasteiger partial charge is 0.369 e. The number of carbonyl (C=O) groups is 3. The van der Waals surface area contributed by atoms with E-state index in [2.05, 4.69) is 33.4 Å². The van der Waals surface area contributed by atoms with Crippen molar-refractivity contribution in [2.24, 2.45) is 5.41 Å². The molecule has 0 bridgehead atoms. The Morgan fingerprint density at radius 2 is 1.81 bits per heavy atom. The molecular weight excluding hydrogens is 406 g/mol. The Balaban J connectivity index is 1.21. The molecule has 0 radical (unpaired) electrons. The van der Waals surface area contributed by atoms with E-state index in [1.807, 2.05) is 12.1 Å². The lowest BCUT2D eigenvalue weighted by atomic mass is 9.80.